The van der Waals surface area contributed by atoms with Gasteiger partial charge in [-0.15, -0.1) is 0 Å². The van der Waals surface area contributed by atoms with Crippen LogP contribution in [0.1, 0.15) is 25.7 Å². The Morgan fingerprint density at radius 3 is 3.00 bits per heavy atom. The number of oxazole rings is 1. The van der Waals surface area contributed by atoms with Gasteiger partial charge in [-0.25, -0.2) is 4.98 Å². The summed E-state index contributed by atoms with van der Waals surface area (Å²) in [5.74, 6) is 0.637. The van der Waals surface area contributed by atoms with Gasteiger partial charge in [-0.05, 0) is 31.9 Å². The molecule has 0 bridgehead atoms. The molecule has 2 aromatic rings. The Morgan fingerprint density at radius 1 is 1.44 bits per heavy atom. The molecule has 1 aliphatic heterocycles. The number of rotatable bonds is 1. The minimum Gasteiger partial charge on any atom is -0.437 e. The highest BCUT2D eigenvalue weighted by Crippen LogP contribution is 2.37. The molecule has 0 amide bonds. The highest BCUT2D eigenvalue weighted by molar-refractivity contribution is 5.85. The maximum atomic E-state index is 5.85. The van der Waals surface area contributed by atoms with Crippen molar-refractivity contribution in [1.29, 1.82) is 0 Å². The van der Waals surface area contributed by atoms with Gasteiger partial charge in [0.1, 0.15) is 11.1 Å². The molecule has 0 saturated carbocycles. The van der Waals surface area contributed by atoms with E-state index in [4.69, 9.17) is 14.9 Å². The van der Waals surface area contributed by atoms with Crippen LogP contribution in [0.3, 0.4) is 0 Å². The molecular formula is C12H14N2O2. The minimum absolute atomic E-state index is 0.383. The molecule has 3 rings (SSSR count). The Morgan fingerprint density at radius 2 is 2.31 bits per heavy atom. The fourth-order valence-corrected chi connectivity index (χ4v) is 2.14. The van der Waals surface area contributed by atoms with Gasteiger partial charge in [-0.1, -0.05) is 6.07 Å². The quantitative estimate of drug-likeness (QED) is 0.747. The molecule has 1 aromatic carbocycles. The van der Waals surface area contributed by atoms with E-state index in [1.165, 1.54) is 0 Å². The van der Waals surface area contributed by atoms with Crippen LogP contribution in [0.2, 0.25) is 0 Å². The Bertz CT molecular complexity index is 527. The Kier molecular flexibility index (Phi) is 1.94. The van der Waals surface area contributed by atoms with Gasteiger partial charge >= 0.3 is 0 Å². The van der Waals surface area contributed by atoms with Crippen molar-refractivity contribution in [1.82, 2.24) is 4.98 Å². The van der Waals surface area contributed by atoms with Gasteiger partial charge in [0.05, 0.1) is 5.69 Å². The van der Waals surface area contributed by atoms with E-state index in [0.717, 1.165) is 30.5 Å². The van der Waals surface area contributed by atoms with Crippen molar-refractivity contribution in [3.8, 4) is 0 Å². The molecule has 1 atom stereocenters. The lowest BCUT2D eigenvalue weighted by Gasteiger charge is -2.17. The normalized spacial score (nSPS) is 25.3. The fraction of sp³-hybridized carbons (Fsp3) is 0.417. The molecule has 1 aliphatic rings. The minimum atomic E-state index is -0.383. The first-order valence-corrected chi connectivity index (χ1v) is 5.48. The van der Waals surface area contributed by atoms with Gasteiger partial charge in [-0.3, -0.25) is 0 Å². The van der Waals surface area contributed by atoms with Crippen LogP contribution in [0, 0.1) is 0 Å². The summed E-state index contributed by atoms with van der Waals surface area (Å²) in [6.45, 7) is 2.78. The van der Waals surface area contributed by atoms with E-state index in [0.29, 0.717) is 11.6 Å². The Balaban J connectivity index is 2.15. The average molecular weight is 218 g/mol. The molecule has 1 unspecified atom stereocenters. The summed E-state index contributed by atoms with van der Waals surface area (Å²) in [6, 6.07) is 5.57. The zero-order chi connectivity index (χ0) is 11.2. The molecule has 1 saturated heterocycles. The molecule has 0 spiro atoms. The van der Waals surface area contributed by atoms with E-state index in [-0.39, 0.29) is 5.60 Å². The number of fused-ring (bicyclic) bond motifs is 1. The lowest BCUT2D eigenvalue weighted by atomic mass is 10.0. The highest BCUT2D eigenvalue weighted by Gasteiger charge is 2.36. The number of nitrogen functional groups attached to an aromatic ring is 1. The van der Waals surface area contributed by atoms with Crippen molar-refractivity contribution in [2.75, 3.05) is 12.3 Å². The lowest BCUT2D eigenvalue weighted by molar-refractivity contribution is -0.00409. The smallest absolute Gasteiger partial charge is 0.227 e. The monoisotopic (exact) mass is 218 g/mol. The van der Waals surface area contributed by atoms with Crippen molar-refractivity contribution < 1.29 is 9.15 Å². The second-order valence-electron chi connectivity index (χ2n) is 4.40. The molecule has 0 radical (unpaired) electrons. The number of nitrogens with zero attached hydrogens (tertiary/aromatic N) is 1. The van der Waals surface area contributed by atoms with Crippen LogP contribution in [-0.2, 0) is 10.3 Å². The Hall–Kier alpha value is -1.55. The van der Waals surface area contributed by atoms with Gasteiger partial charge in [0.15, 0.2) is 5.58 Å². The predicted octanol–water partition coefficient (Wildman–Crippen LogP) is 2.44. The van der Waals surface area contributed by atoms with Gasteiger partial charge in [0.25, 0.3) is 0 Å². The molecule has 2 heterocycles. The van der Waals surface area contributed by atoms with E-state index >= 15 is 0 Å². The molecular weight excluding hydrogens is 204 g/mol. The standard InChI is InChI=1S/C12H14N2O2/c1-12(6-3-7-15-12)11-14-10-8(13)4-2-5-9(10)16-11/h2,4-5H,3,6-7,13H2,1H3. The molecule has 4 nitrogen and oxygen atoms in total. The molecule has 0 aliphatic carbocycles. The third kappa shape index (κ3) is 1.30. The van der Waals surface area contributed by atoms with Crippen molar-refractivity contribution in [3.63, 3.8) is 0 Å². The summed E-state index contributed by atoms with van der Waals surface area (Å²) in [4.78, 5) is 4.45. The predicted molar refractivity (Wildman–Crippen MR) is 61.0 cm³/mol. The van der Waals surface area contributed by atoms with Gasteiger partial charge in [-0.2, -0.15) is 0 Å². The first-order valence-electron chi connectivity index (χ1n) is 5.48. The topological polar surface area (TPSA) is 61.3 Å². The number of anilines is 1. The third-order valence-electron chi connectivity index (χ3n) is 3.12. The van der Waals surface area contributed by atoms with Gasteiger partial charge < -0.3 is 14.9 Å². The van der Waals surface area contributed by atoms with E-state index in [2.05, 4.69) is 4.98 Å². The van der Waals surface area contributed by atoms with Crippen molar-refractivity contribution in [3.05, 3.63) is 24.1 Å². The van der Waals surface area contributed by atoms with Gasteiger partial charge in [0, 0.05) is 6.61 Å². The number of hydrogen-bond donors (Lipinski definition) is 1. The number of benzene rings is 1. The molecule has 1 aromatic heterocycles. The van der Waals surface area contributed by atoms with Crippen molar-refractivity contribution in [2.45, 2.75) is 25.4 Å². The maximum absolute atomic E-state index is 5.85. The van der Waals surface area contributed by atoms with E-state index in [1.54, 1.807) is 0 Å². The van der Waals surface area contributed by atoms with E-state index in [9.17, 15) is 0 Å². The summed E-state index contributed by atoms with van der Waals surface area (Å²) in [5.41, 5.74) is 7.57. The zero-order valence-electron chi connectivity index (χ0n) is 9.19. The molecule has 84 valence electrons. The van der Waals surface area contributed by atoms with Crippen LogP contribution < -0.4 is 5.73 Å². The largest absolute Gasteiger partial charge is 0.437 e. The van der Waals surface area contributed by atoms with Crippen LogP contribution >= 0.6 is 0 Å². The van der Waals surface area contributed by atoms with Crippen LogP contribution in [0.25, 0.3) is 11.1 Å². The SMILES string of the molecule is CC1(c2nc3c(N)cccc3o2)CCCO1. The zero-order valence-corrected chi connectivity index (χ0v) is 9.19. The molecule has 4 heteroatoms. The summed E-state index contributed by atoms with van der Waals surface area (Å²) in [7, 11) is 0. The van der Waals surface area contributed by atoms with Crippen LogP contribution in [0.5, 0.6) is 0 Å². The molecule has 1 fully saturated rings. The number of para-hydroxylation sites is 1. The van der Waals surface area contributed by atoms with Crippen molar-refractivity contribution in [2.24, 2.45) is 0 Å². The maximum Gasteiger partial charge on any atom is 0.227 e. The van der Waals surface area contributed by atoms with Gasteiger partial charge in [0.2, 0.25) is 5.89 Å². The third-order valence-corrected chi connectivity index (χ3v) is 3.12. The number of hydrogen-bond acceptors (Lipinski definition) is 4. The highest BCUT2D eigenvalue weighted by atomic mass is 16.5. The first kappa shape index (κ1) is 9.66. The lowest BCUT2D eigenvalue weighted by Crippen LogP contribution is -2.20. The molecule has 2 N–H and O–H groups in total. The number of aromatic nitrogens is 1. The van der Waals surface area contributed by atoms with E-state index < -0.39 is 0 Å². The second-order valence-corrected chi connectivity index (χ2v) is 4.40. The summed E-state index contributed by atoms with van der Waals surface area (Å²) >= 11 is 0. The van der Waals surface area contributed by atoms with Crippen molar-refractivity contribution >= 4 is 16.8 Å². The average Bonchev–Trinajstić information content (AvgIpc) is 2.85. The fourth-order valence-electron chi connectivity index (χ4n) is 2.14. The molecule has 16 heavy (non-hydrogen) atoms. The summed E-state index contributed by atoms with van der Waals surface area (Å²) in [5, 5.41) is 0. The Labute approximate surface area is 93.4 Å². The second kappa shape index (κ2) is 3.22. The van der Waals surface area contributed by atoms with Crippen LogP contribution in [-0.4, -0.2) is 11.6 Å². The van der Waals surface area contributed by atoms with Crippen LogP contribution in [0.4, 0.5) is 5.69 Å². The summed E-state index contributed by atoms with van der Waals surface area (Å²) in [6.07, 6.45) is 1.99. The first-order chi connectivity index (χ1) is 7.69. The number of ether oxygens (including phenoxy) is 1. The van der Waals surface area contributed by atoms with E-state index in [1.807, 2.05) is 25.1 Å². The number of nitrogens with two attached hydrogens (primary N) is 1. The summed E-state index contributed by atoms with van der Waals surface area (Å²) < 4.78 is 11.4. The van der Waals surface area contributed by atoms with Crippen LogP contribution in [0.15, 0.2) is 22.6 Å².